The van der Waals surface area contributed by atoms with Crippen LogP contribution >= 0.6 is 0 Å². The average molecular weight is 397 g/mol. The van der Waals surface area contributed by atoms with Crippen LogP contribution in [0, 0.1) is 0 Å². The fourth-order valence-corrected chi connectivity index (χ4v) is 4.09. The van der Waals surface area contributed by atoms with Crippen molar-refractivity contribution in [2.45, 2.75) is 19.6 Å². The number of nitrogens with zero attached hydrogens (tertiary/aromatic N) is 4. The van der Waals surface area contributed by atoms with E-state index < -0.39 is 0 Å². The molecule has 0 radical (unpaired) electrons. The summed E-state index contributed by atoms with van der Waals surface area (Å²) in [5, 5.41) is 4.53. The van der Waals surface area contributed by atoms with Gasteiger partial charge in [0.1, 0.15) is 12.1 Å². The molecule has 1 N–H and O–H groups in total. The first-order chi connectivity index (χ1) is 14.8. The maximum Gasteiger partial charge on any atom is 0.231 e. The van der Waals surface area contributed by atoms with Gasteiger partial charge in [-0.25, -0.2) is 9.97 Å². The summed E-state index contributed by atoms with van der Waals surface area (Å²) in [4.78, 5) is 15.9. The fraction of sp³-hybridized carbons (Fsp3) is 0.174. The molecule has 2 aromatic carbocycles. The summed E-state index contributed by atoms with van der Waals surface area (Å²) in [6, 6.07) is 16.2. The van der Waals surface area contributed by atoms with Crippen LogP contribution < -0.4 is 14.8 Å². The third kappa shape index (κ3) is 3.00. The Morgan fingerprint density at radius 1 is 0.967 bits per heavy atom. The van der Waals surface area contributed by atoms with Crippen molar-refractivity contribution in [3.8, 4) is 11.5 Å². The zero-order chi connectivity index (χ0) is 19.9. The Bertz CT molecular complexity index is 1260. The lowest BCUT2D eigenvalue weighted by Crippen LogP contribution is -2.16. The minimum Gasteiger partial charge on any atom is -0.454 e. The van der Waals surface area contributed by atoms with E-state index in [2.05, 4.69) is 43.4 Å². The second kappa shape index (κ2) is 6.96. The van der Waals surface area contributed by atoms with Crippen molar-refractivity contribution in [1.82, 2.24) is 19.9 Å². The highest BCUT2D eigenvalue weighted by molar-refractivity contribution is 5.82. The Kier molecular flexibility index (Phi) is 3.99. The van der Waals surface area contributed by atoms with E-state index in [1.807, 2.05) is 36.5 Å². The number of rotatable bonds is 4. The molecule has 7 heteroatoms. The zero-order valence-corrected chi connectivity index (χ0v) is 16.2. The first-order valence-corrected chi connectivity index (χ1v) is 9.88. The van der Waals surface area contributed by atoms with Gasteiger partial charge in [0.2, 0.25) is 6.79 Å². The molecule has 0 spiro atoms. The van der Waals surface area contributed by atoms with Crippen LogP contribution in [0.2, 0.25) is 0 Å². The van der Waals surface area contributed by atoms with Gasteiger partial charge in [0.05, 0.1) is 23.1 Å². The summed E-state index contributed by atoms with van der Waals surface area (Å²) in [7, 11) is 0. The van der Waals surface area contributed by atoms with E-state index in [0.717, 1.165) is 70.4 Å². The Morgan fingerprint density at radius 2 is 1.93 bits per heavy atom. The van der Waals surface area contributed by atoms with E-state index in [9.17, 15) is 0 Å². The number of benzene rings is 2. The Labute approximate surface area is 173 Å². The molecular formula is C23H19N5O2. The van der Waals surface area contributed by atoms with Gasteiger partial charge in [0.15, 0.2) is 11.5 Å². The Balaban J connectivity index is 1.24. The molecule has 7 nitrogen and oxygen atoms in total. The van der Waals surface area contributed by atoms with Gasteiger partial charge in [-0.05, 0) is 18.2 Å². The maximum absolute atomic E-state index is 5.66. The van der Waals surface area contributed by atoms with E-state index in [0.29, 0.717) is 0 Å². The van der Waals surface area contributed by atoms with Crippen molar-refractivity contribution in [3.05, 3.63) is 77.9 Å². The van der Waals surface area contributed by atoms with Crippen molar-refractivity contribution < 1.29 is 9.47 Å². The molecule has 0 bridgehead atoms. The molecule has 4 heterocycles. The van der Waals surface area contributed by atoms with Gasteiger partial charge in [0, 0.05) is 36.1 Å². The summed E-state index contributed by atoms with van der Waals surface area (Å²) in [6.07, 6.45) is 3.46. The van der Waals surface area contributed by atoms with Crippen LogP contribution in [0.25, 0.3) is 10.9 Å². The third-order valence-corrected chi connectivity index (χ3v) is 5.52. The van der Waals surface area contributed by atoms with E-state index in [1.54, 1.807) is 6.33 Å². The highest BCUT2D eigenvalue weighted by Crippen LogP contribution is 2.37. The number of para-hydroxylation sites is 2. The van der Waals surface area contributed by atoms with Gasteiger partial charge >= 0.3 is 0 Å². The minimum absolute atomic E-state index is 0.284. The number of fused-ring (bicyclic) bond motifs is 3. The molecule has 2 aliphatic rings. The topological polar surface area (TPSA) is 72.4 Å². The Hall–Kier alpha value is -3.71. The highest BCUT2D eigenvalue weighted by Gasteiger charge is 2.26. The fourth-order valence-electron chi connectivity index (χ4n) is 4.09. The quantitative estimate of drug-likeness (QED) is 0.558. The molecule has 148 valence electrons. The van der Waals surface area contributed by atoms with Crippen LogP contribution in [-0.2, 0) is 19.6 Å². The minimum atomic E-state index is 0.284. The number of nitrogens with one attached hydrogen (secondary N) is 1. The van der Waals surface area contributed by atoms with Crippen LogP contribution in [0.1, 0.15) is 16.8 Å². The molecular weight excluding hydrogens is 378 g/mol. The average Bonchev–Trinajstić information content (AvgIpc) is 3.41. The lowest BCUT2D eigenvalue weighted by Gasteiger charge is -2.16. The number of ether oxygens (including phenoxy) is 2. The monoisotopic (exact) mass is 397 g/mol. The lowest BCUT2D eigenvalue weighted by atomic mass is 10.1. The molecule has 2 aromatic heterocycles. The summed E-state index contributed by atoms with van der Waals surface area (Å²) in [5.74, 6) is 2.49. The molecule has 4 aromatic rings. The van der Waals surface area contributed by atoms with Gasteiger partial charge in [-0.3, -0.25) is 9.88 Å². The van der Waals surface area contributed by atoms with Crippen LogP contribution in [0.3, 0.4) is 0 Å². The second-order valence-electron chi connectivity index (χ2n) is 7.49. The first-order valence-electron chi connectivity index (χ1n) is 9.88. The third-order valence-electron chi connectivity index (χ3n) is 5.52. The second-order valence-corrected chi connectivity index (χ2v) is 7.49. The summed E-state index contributed by atoms with van der Waals surface area (Å²) >= 11 is 0. The number of anilines is 2. The Morgan fingerprint density at radius 3 is 2.93 bits per heavy atom. The smallest absolute Gasteiger partial charge is 0.231 e. The molecule has 0 saturated carbocycles. The SMILES string of the molecule is c1cc(CN2Cc3ncnc(Nc4cnc5ccccc5c4)c3C2)c2c(c1)OCO2. The largest absolute Gasteiger partial charge is 0.454 e. The molecule has 0 saturated heterocycles. The highest BCUT2D eigenvalue weighted by atomic mass is 16.7. The van der Waals surface area contributed by atoms with Crippen molar-refractivity contribution in [2.75, 3.05) is 12.1 Å². The number of pyridine rings is 1. The predicted molar refractivity (Wildman–Crippen MR) is 113 cm³/mol. The van der Waals surface area contributed by atoms with Crippen LogP contribution in [0.15, 0.2) is 61.1 Å². The van der Waals surface area contributed by atoms with Crippen LogP contribution in [-0.4, -0.2) is 26.6 Å². The van der Waals surface area contributed by atoms with Crippen molar-refractivity contribution >= 4 is 22.4 Å². The van der Waals surface area contributed by atoms with E-state index in [1.165, 1.54) is 0 Å². The zero-order valence-electron chi connectivity index (χ0n) is 16.2. The normalized spacial score (nSPS) is 14.8. The standard InChI is InChI=1S/C23H19N5O2/c1-2-6-19-15(4-1)8-17(9-24-19)27-23-18-11-28(12-20(18)25-13-26-23)10-16-5-3-7-21-22(16)30-14-29-21/h1-9,13H,10-12,14H2,(H,25,26,27). The summed E-state index contributed by atoms with van der Waals surface area (Å²) in [5.41, 5.74) is 5.18. The van der Waals surface area contributed by atoms with Crippen LogP contribution in [0.5, 0.6) is 11.5 Å². The number of hydrogen-bond donors (Lipinski definition) is 1. The molecule has 6 rings (SSSR count). The van der Waals surface area contributed by atoms with Crippen molar-refractivity contribution in [3.63, 3.8) is 0 Å². The van der Waals surface area contributed by atoms with Crippen LogP contribution in [0.4, 0.5) is 11.5 Å². The van der Waals surface area contributed by atoms with E-state index in [4.69, 9.17) is 9.47 Å². The van der Waals surface area contributed by atoms with Gasteiger partial charge in [-0.1, -0.05) is 30.3 Å². The predicted octanol–water partition coefficient (Wildman–Crippen LogP) is 4.01. The van der Waals surface area contributed by atoms with Crippen molar-refractivity contribution in [1.29, 1.82) is 0 Å². The first kappa shape index (κ1) is 17.2. The molecule has 0 amide bonds. The van der Waals surface area contributed by atoms with Gasteiger partial charge in [-0.15, -0.1) is 0 Å². The molecule has 0 atom stereocenters. The molecule has 0 fully saturated rings. The molecule has 0 aliphatic carbocycles. The summed E-state index contributed by atoms with van der Waals surface area (Å²) in [6.45, 7) is 2.59. The lowest BCUT2D eigenvalue weighted by molar-refractivity contribution is 0.171. The van der Waals surface area contributed by atoms with Gasteiger partial charge in [0.25, 0.3) is 0 Å². The summed E-state index contributed by atoms with van der Waals surface area (Å²) < 4.78 is 11.2. The number of aromatic nitrogens is 3. The van der Waals surface area contributed by atoms with Crippen molar-refractivity contribution in [2.24, 2.45) is 0 Å². The van der Waals surface area contributed by atoms with E-state index in [-0.39, 0.29) is 6.79 Å². The molecule has 30 heavy (non-hydrogen) atoms. The maximum atomic E-state index is 5.66. The number of hydrogen-bond acceptors (Lipinski definition) is 7. The molecule has 2 aliphatic heterocycles. The van der Waals surface area contributed by atoms with Gasteiger partial charge in [-0.2, -0.15) is 0 Å². The van der Waals surface area contributed by atoms with Gasteiger partial charge < -0.3 is 14.8 Å². The van der Waals surface area contributed by atoms with E-state index >= 15 is 0 Å². The molecule has 0 unspecified atom stereocenters.